The molecular weight excluding hydrogens is 202 g/mol. The smallest absolute Gasteiger partial charge is 0.133 e. The highest BCUT2D eigenvalue weighted by atomic mass is 16.4. The fourth-order valence-corrected chi connectivity index (χ4v) is 0.684. The lowest BCUT2D eigenvalue weighted by atomic mass is 10.1. The number of likely N-dealkylation sites (N-methyl/N-ethyl adjacent to an activating group) is 1. The van der Waals surface area contributed by atoms with Gasteiger partial charge in [0.2, 0.25) is 0 Å². The average Bonchev–Trinajstić information content (AvgIpc) is 2.27. The van der Waals surface area contributed by atoms with Crippen molar-refractivity contribution in [2.45, 2.75) is 38.2 Å². The van der Waals surface area contributed by atoms with Crippen molar-refractivity contribution in [3.8, 4) is 0 Å². The minimum absolute atomic E-state index is 0.0555. The van der Waals surface area contributed by atoms with E-state index in [0.29, 0.717) is 6.42 Å². The third kappa shape index (κ3) is 9.77. The van der Waals surface area contributed by atoms with Gasteiger partial charge in [-0.25, -0.2) is 0 Å². The molecule has 3 atom stereocenters. The number of carbonyl (C=O) groups is 1. The molecule has 15 heavy (non-hydrogen) atoms. The number of hydrogen-bond donors (Lipinski definition) is 5. The summed E-state index contributed by atoms with van der Waals surface area (Å²) in [6.07, 6.45) is -1.94. The van der Waals surface area contributed by atoms with E-state index in [-0.39, 0.29) is 13.0 Å². The van der Waals surface area contributed by atoms with Crippen LogP contribution in [0.1, 0.15) is 19.8 Å². The molecular formula is C9H21NO5. The van der Waals surface area contributed by atoms with Gasteiger partial charge in [-0.3, -0.25) is 5.32 Å². The Morgan fingerprint density at radius 2 is 1.80 bits per heavy atom. The van der Waals surface area contributed by atoms with Gasteiger partial charge in [-0.15, -0.1) is 0 Å². The van der Waals surface area contributed by atoms with Crippen molar-refractivity contribution in [2.24, 2.45) is 0 Å². The Labute approximate surface area is 89.6 Å². The van der Waals surface area contributed by atoms with Gasteiger partial charge in [0, 0.05) is 13.0 Å². The summed E-state index contributed by atoms with van der Waals surface area (Å²) in [7, 11) is 1.46. The molecule has 0 aromatic heterocycles. The maximum atomic E-state index is 9.17. The van der Waals surface area contributed by atoms with E-state index in [0.717, 1.165) is 6.29 Å². The van der Waals surface area contributed by atoms with Gasteiger partial charge in [0.1, 0.15) is 18.6 Å². The predicted molar refractivity (Wildman–Crippen MR) is 55.1 cm³/mol. The summed E-state index contributed by atoms with van der Waals surface area (Å²) in [5.74, 6) is 0. The lowest BCUT2D eigenvalue weighted by Gasteiger charge is -2.21. The van der Waals surface area contributed by atoms with E-state index in [4.69, 9.17) is 20.4 Å². The average molecular weight is 223 g/mol. The highest BCUT2D eigenvalue weighted by Crippen LogP contribution is 2.00. The van der Waals surface area contributed by atoms with Crippen LogP contribution >= 0.6 is 0 Å². The summed E-state index contributed by atoms with van der Waals surface area (Å²) in [6, 6.07) is 0. The Balaban J connectivity index is 0. The number of hydrogen-bond acceptors (Lipinski definition) is 6. The molecule has 3 unspecified atom stereocenters. The first kappa shape index (κ1) is 16.9. The van der Waals surface area contributed by atoms with E-state index in [1.54, 1.807) is 0 Å². The molecule has 0 aromatic rings. The topological polar surface area (TPSA) is 110 Å². The van der Waals surface area contributed by atoms with E-state index in [1.165, 1.54) is 7.05 Å². The summed E-state index contributed by atoms with van der Waals surface area (Å²) in [6.45, 7) is 1.60. The second-order valence-corrected chi connectivity index (χ2v) is 2.88. The van der Waals surface area contributed by atoms with Crippen LogP contribution in [0.2, 0.25) is 0 Å². The van der Waals surface area contributed by atoms with Crippen LogP contribution in [0.4, 0.5) is 0 Å². The third-order valence-corrected chi connectivity index (χ3v) is 1.61. The zero-order valence-electron chi connectivity index (χ0n) is 9.13. The van der Waals surface area contributed by atoms with Crippen molar-refractivity contribution in [1.29, 1.82) is 0 Å². The number of aliphatic hydroxyl groups is 4. The molecule has 0 saturated heterocycles. The Bertz CT molecular complexity index is 144. The second-order valence-electron chi connectivity index (χ2n) is 2.88. The zero-order valence-corrected chi connectivity index (χ0v) is 9.13. The molecule has 0 fully saturated rings. The highest BCUT2D eigenvalue weighted by molar-refractivity contribution is 5.48. The number of rotatable bonds is 6. The molecule has 0 spiro atoms. The minimum Gasteiger partial charge on any atom is -0.396 e. The molecule has 0 heterocycles. The minimum atomic E-state index is -1.26. The molecule has 0 saturated carbocycles. The quantitative estimate of drug-likeness (QED) is 0.269. The van der Waals surface area contributed by atoms with Crippen molar-refractivity contribution < 1.29 is 25.2 Å². The van der Waals surface area contributed by atoms with Crippen molar-refractivity contribution in [3.63, 3.8) is 0 Å². The monoisotopic (exact) mass is 223 g/mol. The molecule has 0 radical (unpaired) electrons. The van der Waals surface area contributed by atoms with Crippen LogP contribution in [0.15, 0.2) is 0 Å². The van der Waals surface area contributed by atoms with Gasteiger partial charge in [-0.2, -0.15) is 0 Å². The zero-order chi connectivity index (χ0) is 12.3. The Kier molecular flexibility index (Phi) is 13.0. The van der Waals surface area contributed by atoms with E-state index in [1.807, 2.05) is 6.92 Å². The number of aldehydes is 1. The largest absolute Gasteiger partial charge is 0.396 e. The highest BCUT2D eigenvalue weighted by Gasteiger charge is 2.22. The normalized spacial score (nSPS) is 15.9. The first-order valence-corrected chi connectivity index (χ1v) is 4.81. The summed E-state index contributed by atoms with van der Waals surface area (Å²) < 4.78 is 0. The third-order valence-electron chi connectivity index (χ3n) is 1.61. The first-order chi connectivity index (χ1) is 7.04. The van der Waals surface area contributed by atoms with Crippen molar-refractivity contribution in [3.05, 3.63) is 0 Å². The van der Waals surface area contributed by atoms with Crippen LogP contribution in [0, 0.1) is 0 Å². The van der Waals surface area contributed by atoms with Crippen LogP contribution in [0.5, 0.6) is 0 Å². The second kappa shape index (κ2) is 11.5. The molecule has 0 amide bonds. The molecule has 6 heteroatoms. The Hall–Kier alpha value is -0.530. The summed E-state index contributed by atoms with van der Waals surface area (Å²) in [5, 5.41) is 37.7. The standard InChI is InChI=1S/C6H15NO4.C3H6O/c1-7-6(11)5(10)4(9)2-3-8;1-2-3-4/h4-11H,2-3H2,1H3;3H,2H2,1H3. The molecule has 0 aliphatic heterocycles. The van der Waals surface area contributed by atoms with Gasteiger partial charge < -0.3 is 25.2 Å². The molecule has 0 rings (SSSR count). The van der Waals surface area contributed by atoms with Crippen LogP contribution in [-0.4, -0.2) is 58.8 Å². The van der Waals surface area contributed by atoms with Gasteiger partial charge in [-0.1, -0.05) is 6.92 Å². The van der Waals surface area contributed by atoms with Gasteiger partial charge in [0.05, 0.1) is 6.10 Å². The van der Waals surface area contributed by atoms with Gasteiger partial charge in [-0.05, 0) is 13.5 Å². The summed E-state index contributed by atoms with van der Waals surface area (Å²) >= 11 is 0. The van der Waals surface area contributed by atoms with E-state index in [9.17, 15) is 4.79 Å². The molecule has 5 N–H and O–H groups in total. The lowest BCUT2D eigenvalue weighted by molar-refractivity contribution is -0.107. The molecule has 92 valence electrons. The fraction of sp³-hybridized carbons (Fsp3) is 0.889. The first-order valence-electron chi connectivity index (χ1n) is 4.81. The number of carbonyl (C=O) groups excluding carboxylic acids is 1. The van der Waals surface area contributed by atoms with E-state index >= 15 is 0 Å². The SMILES string of the molecule is CCC=O.CNC(O)C(O)C(O)CCO. The molecule has 6 nitrogen and oxygen atoms in total. The predicted octanol–water partition coefficient (Wildman–Crippen LogP) is -1.78. The van der Waals surface area contributed by atoms with Gasteiger partial charge in [0.15, 0.2) is 0 Å². The van der Waals surface area contributed by atoms with E-state index in [2.05, 4.69) is 5.32 Å². The van der Waals surface area contributed by atoms with Gasteiger partial charge in [0.25, 0.3) is 0 Å². The Morgan fingerprint density at radius 3 is 2.07 bits per heavy atom. The van der Waals surface area contributed by atoms with Crippen molar-refractivity contribution in [1.82, 2.24) is 5.32 Å². The molecule has 0 aliphatic carbocycles. The summed E-state index contributed by atoms with van der Waals surface area (Å²) in [4.78, 5) is 9.17. The lowest BCUT2D eigenvalue weighted by Crippen LogP contribution is -2.44. The number of nitrogens with one attached hydrogen (secondary N) is 1. The molecule has 0 bridgehead atoms. The van der Waals surface area contributed by atoms with Gasteiger partial charge >= 0.3 is 0 Å². The maximum absolute atomic E-state index is 9.17. The molecule has 0 aromatic carbocycles. The van der Waals surface area contributed by atoms with Crippen LogP contribution in [-0.2, 0) is 4.79 Å². The maximum Gasteiger partial charge on any atom is 0.133 e. The summed E-state index contributed by atoms with van der Waals surface area (Å²) in [5.41, 5.74) is 0. The molecule has 0 aliphatic rings. The fourth-order valence-electron chi connectivity index (χ4n) is 0.684. The number of aliphatic hydroxyl groups excluding tert-OH is 4. The van der Waals surface area contributed by atoms with Crippen LogP contribution < -0.4 is 5.32 Å². The van der Waals surface area contributed by atoms with Crippen molar-refractivity contribution >= 4 is 6.29 Å². The van der Waals surface area contributed by atoms with E-state index < -0.39 is 18.4 Å². The van der Waals surface area contributed by atoms with Crippen LogP contribution in [0.25, 0.3) is 0 Å². The van der Waals surface area contributed by atoms with Crippen molar-refractivity contribution in [2.75, 3.05) is 13.7 Å². The Morgan fingerprint density at radius 1 is 1.33 bits per heavy atom. The van der Waals surface area contributed by atoms with Crippen LogP contribution in [0.3, 0.4) is 0 Å².